The van der Waals surface area contributed by atoms with E-state index in [4.69, 9.17) is 9.47 Å². The molecule has 1 N–H and O–H groups in total. The molecule has 0 fully saturated rings. The minimum atomic E-state index is -0.920. The zero-order valence-corrected chi connectivity index (χ0v) is 13.9. The van der Waals surface area contributed by atoms with Gasteiger partial charge in [-0.15, -0.1) is 0 Å². The lowest BCUT2D eigenvalue weighted by Gasteiger charge is -2.37. The second kappa shape index (κ2) is 6.53. The van der Waals surface area contributed by atoms with Gasteiger partial charge in [0, 0.05) is 17.8 Å². The van der Waals surface area contributed by atoms with Crippen molar-refractivity contribution in [3.63, 3.8) is 0 Å². The molecule has 1 amide bonds. The highest BCUT2D eigenvalue weighted by Gasteiger charge is 2.35. The molecule has 5 heteroatoms. The summed E-state index contributed by atoms with van der Waals surface area (Å²) in [5.41, 5.74) is 0.584. The van der Waals surface area contributed by atoms with Crippen LogP contribution in [0.25, 0.3) is 0 Å². The third-order valence-corrected chi connectivity index (χ3v) is 4.32. The van der Waals surface area contributed by atoms with Crippen molar-refractivity contribution in [2.24, 2.45) is 0 Å². The molecule has 1 aliphatic heterocycles. The highest BCUT2D eigenvalue weighted by molar-refractivity contribution is 5.96. The summed E-state index contributed by atoms with van der Waals surface area (Å²) < 4.78 is 10.9. The van der Waals surface area contributed by atoms with E-state index in [1.54, 1.807) is 31.1 Å². The molecule has 0 saturated carbocycles. The first-order valence-electron chi connectivity index (χ1n) is 7.91. The zero-order chi connectivity index (χ0) is 17.2. The first-order valence-corrected chi connectivity index (χ1v) is 7.91. The molecule has 126 valence electrons. The molecule has 1 unspecified atom stereocenters. The fraction of sp³-hybridized carbons (Fsp3) is 0.316. The van der Waals surface area contributed by atoms with Gasteiger partial charge in [-0.05, 0) is 31.5 Å². The third kappa shape index (κ3) is 3.08. The van der Waals surface area contributed by atoms with Crippen molar-refractivity contribution in [1.82, 2.24) is 0 Å². The fourth-order valence-corrected chi connectivity index (χ4v) is 2.96. The molecular formula is C19H21NO4. The quantitative estimate of drug-likeness (QED) is 0.938. The average molecular weight is 327 g/mol. The van der Waals surface area contributed by atoms with Crippen LogP contribution in [0.4, 0.5) is 5.69 Å². The van der Waals surface area contributed by atoms with Gasteiger partial charge in [-0.1, -0.05) is 30.3 Å². The smallest absolute Gasteiger partial charge is 0.264 e. The molecule has 0 bridgehead atoms. The lowest BCUT2D eigenvalue weighted by atomic mass is 9.87. The summed E-state index contributed by atoms with van der Waals surface area (Å²) in [6, 6.07) is 14.7. The number of carbonyl (C=O) groups is 1. The minimum absolute atomic E-state index is 0.0865. The largest absolute Gasteiger partial charge is 0.493 e. The highest BCUT2D eigenvalue weighted by Crippen LogP contribution is 2.37. The van der Waals surface area contributed by atoms with E-state index in [1.807, 2.05) is 36.4 Å². The van der Waals surface area contributed by atoms with Crippen molar-refractivity contribution in [3.8, 4) is 11.5 Å². The van der Waals surface area contributed by atoms with Crippen LogP contribution in [0.15, 0.2) is 48.5 Å². The number of nitrogens with zero attached hydrogens (tertiary/aromatic N) is 1. The van der Waals surface area contributed by atoms with Crippen LogP contribution < -0.4 is 14.4 Å². The van der Waals surface area contributed by atoms with Gasteiger partial charge in [-0.2, -0.15) is 0 Å². The number of para-hydroxylation sites is 3. The maximum absolute atomic E-state index is 12.6. The molecule has 1 heterocycles. The van der Waals surface area contributed by atoms with Crippen molar-refractivity contribution in [2.75, 3.05) is 25.2 Å². The summed E-state index contributed by atoms with van der Waals surface area (Å²) in [6.45, 7) is 2.15. The van der Waals surface area contributed by atoms with Gasteiger partial charge in [0.2, 0.25) is 0 Å². The number of amides is 1. The Balaban J connectivity index is 1.76. The minimum Gasteiger partial charge on any atom is -0.493 e. The SMILES string of the molecule is COc1ccccc1OCC(=O)N1CCC(C)(O)c2ccccc21. The van der Waals surface area contributed by atoms with Crippen LogP contribution in [0.1, 0.15) is 18.9 Å². The van der Waals surface area contributed by atoms with E-state index < -0.39 is 5.60 Å². The van der Waals surface area contributed by atoms with E-state index in [-0.39, 0.29) is 12.5 Å². The van der Waals surface area contributed by atoms with Gasteiger partial charge >= 0.3 is 0 Å². The van der Waals surface area contributed by atoms with Crippen LogP contribution in [0.5, 0.6) is 11.5 Å². The fourth-order valence-electron chi connectivity index (χ4n) is 2.96. The summed E-state index contributed by atoms with van der Waals surface area (Å²) in [7, 11) is 1.56. The predicted octanol–water partition coefficient (Wildman–Crippen LogP) is 2.72. The molecule has 0 saturated heterocycles. The van der Waals surface area contributed by atoms with Gasteiger partial charge < -0.3 is 19.5 Å². The summed E-state index contributed by atoms with van der Waals surface area (Å²) in [5, 5.41) is 10.5. The Kier molecular flexibility index (Phi) is 4.44. The summed E-state index contributed by atoms with van der Waals surface area (Å²) in [4.78, 5) is 14.3. The maximum Gasteiger partial charge on any atom is 0.264 e. The molecule has 0 aliphatic carbocycles. The zero-order valence-electron chi connectivity index (χ0n) is 13.9. The van der Waals surface area contributed by atoms with Gasteiger partial charge in [-0.25, -0.2) is 0 Å². The van der Waals surface area contributed by atoms with Gasteiger partial charge in [0.05, 0.1) is 12.7 Å². The molecule has 5 nitrogen and oxygen atoms in total. The van der Waals surface area contributed by atoms with Crippen molar-refractivity contribution < 1.29 is 19.4 Å². The maximum atomic E-state index is 12.6. The van der Waals surface area contributed by atoms with Crippen LogP contribution in [-0.4, -0.2) is 31.3 Å². The number of methoxy groups -OCH3 is 1. The number of rotatable bonds is 4. The second-order valence-corrected chi connectivity index (χ2v) is 6.03. The Morgan fingerprint density at radius 3 is 2.58 bits per heavy atom. The monoisotopic (exact) mass is 327 g/mol. The standard InChI is InChI=1S/C19H21NO4/c1-19(22)11-12-20(15-8-4-3-7-14(15)19)18(21)13-24-17-10-6-5-9-16(17)23-2/h3-10,22H,11-13H2,1-2H3. The average Bonchev–Trinajstić information content (AvgIpc) is 2.60. The number of ether oxygens (including phenoxy) is 2. The Hall–Kier alpha value is -2.53. The Bertz CT molecular complexity index is 742. The predicted molar refractivity (Wildman–Crippen MR) is 91.5 cm³/mol. The van der Waals surface area contributed by atoms with Crippen molar-refractivity contribution >= 4 is 11.6 Å². The molecule has 24 heavy (non-hydrogen) atoms. The molecule has 0 spiro atoms. The van der Waals surface area contributed by atoms with Crippen LogP contribution >= 0.6 is 0 Å². The van der Waals surface area contributed by atoms with E-state index in [9.17, 15) is 9.90 Å². The van der Waals surface area contributed by atoms with Crippen LogP contribution in [-0.2, 0) is 10.4 Å². The van der Waals surface area contributed by atoms with Crippen molar-refractivity contribution in [1.29, 1.82) is 0 Å². The normalized spacial score (nSPS) is 19.5. The third-order valence-electron chi connectivity index (χ3n) is 4.32. The molecule has 2 aromatic carbocycles. The summed E-state index contributed by atoms with van der Waals surface area (Å²) in [5.74, 6) is 0.974. The van der Waals surface area contributed by atoms with Crippen molar-refractivity contribution in [2.45, 2.75) is 18.9 Å². The molecule has 2 aromatic rings. The molecule has 0 radical (unpaired) electrons. The summed E-state index contributed by atoms with van der Waals surface area (Å²) in [6.07, 6.45) is 0.490. The second-order valence-electron chi connectivity index (χ2n) is 6.03. The van der Waals surface area contributed by atoms with Gasteiger partial charge in [0.25, 0.3) is 5.91 Å². The van der Waals surface area contributed by atoms with Crippen LogP contribution in [0, 0.1) is 0 Å². The number of fused-ring (bicyclic) bond motifs is 1. The number of aliphatic hydroxyl groups is 1. The number of anilines is 1. The Morgan fingerprint density at radius 1 is 1.17 bits per heavy atom. The molecule has 3 rings (SSSR count). The Morgan fingerprint density at radius 2 is 1.83 bits per heavy atom. The number of benzene rings is 2. The molecule has 1 atom stereocenters. The van der Waals surface area contributed by atoms with E-state index in [0.717, 1.165) is 11.3 Å². The van der Waals surface area contributed by atoms with Gasteiger partial charge in [0.1, 0.15) is 0 Å². The lowest BCUT2D eigenvalue weighted by Crippen LogP contribution is -2.44. The lowest BCUT2D eigenvalue weighted by molar-refractivity contribution is -0.121. The molecule has 0 aromatic heterocycles. The van der Waals surface area contributed by atoms with Gasteiger partial charge in [-0.3, -0.25) is 4.79 Å². The number of hydrogen-bond acceptors (Lipinski definition) is 4. The van der Waals surface area contributed by atoms with E-state index in [0.29, 0.717) is 24.5 Å². The van der Waals surface area contributed by atoms with Crippen LogP contribution in [0.2, 0.25) is 0 Å². The van der Waals surface area contributed by atoms with E-state index in [1.165, 1.54) is 0 Å². The number of carbonyl (C=O) groups excluding carboxylic acids is 1. The first kappa shape index (κ1) is 16.3. The first-order chi connectivity index (χ1) is 11.5. The van der Waals surface area contributed by atoms with Gasteiger partial charge in [0.15, 0.2) is 18.1 Å². The summed E-state index contributed by atoms with van der Waals surface area (Å²) >= 11 is 0. The number of hydrogen-bond donors (Lipinski definition) is 1. The van der Waals surface area contributed by atoms with Crippen LogP contribution in [0.3, 0.4) is 0 Å². The van der Waals surface area contributed by atoms with E-state index >= 15 is 0 Å². The molecular weight excluding hydrogens is 306 g/mol. The topological polar surface area (TPSA) is 59.0 Å². The van der Waals surface area contributed by atoms with Crippen molar-refractivity contribution in [3.05, 3.63) is 54.1 Å². The Labute approximate surface area is 141 Å². The highest BCUT2D eigenvalue weighted by atomic mass is 16.5. The molecule has 1 aliphatic rings. The van der Waals surface area contributed by atoms with E-state index in [2.05, 4.69) is 0 Å².